The number of aromatic nitrogens is 5. The second-order valence-corrected chi connectivity index (χ2v) is 2.81. The van der Waals surface area contributed by atoms with Crippen molar-refractivity contribution < 1.29 is 4.74 Å². The van der Waals surface area contributed by atoms with Crippen molar-refractivity contribution in [3.05, 3.63) is 18.6 Å². The van der Waals surface area contributed by atoms with Crippen LogP contribution in [0.2, 0.25) is 0 Å². The first-order chi connectivity index (χ1) is 6.92. The van der Waals surface area contributed by atoms with Gasteiger partial charge < -0.3 is 9.30 Å². The maximum Gasteiger partial charge on any atom is 0.181 e. The van der Waals surface area contributed by atoms with Gasteiger partial charge in [0, 0.05) is 19.9 Å². The lowest BCUT2D eigenvalue weighted by Crippen LogP contribution is -2.05. The number of nitrogens with zero attached hydrogens (tertiary/aromatic N) is 4. The highest BCUT2D eigenvalue weighted by Gasteiger charge is 2.07. The van der Waals surface area contributed by atoms with Gasteiger partial charge in [-0.25, -0.2) is 0 Å². The molecule has 0 fully saturated rings. The molecule has 0 spiro atoms. The van der Waals surface area contributed by atoms with Crippen molar-refractivity contribution in [1.29, 1.82) is 0 Å². The van der Waals surface area contributed by atoms with Crippen molar-refractivity contribution in [2.45, 2.75) is 6.54 Å². The fourth-order valence-corrected chi connectivity index (χ4v) is 1.20. The maximum atomic E-state index is 4.99. The topological polar surface area (TPSA) is 68.6 Å². The van der Waals surface area contributed by atoms with Crippen molar-refractivity contribution in [3.63, 3.8) is 0 Å². The molecule has 0 radical (unpaired) electrons. The van der Waals surface area contributed by atoms with E-state index in [4.69, 9.17) is 4.74 Å². The molecule has 0 atom stereocenters. The zero-order chi connectivity index (χ0) is 9.80. The lowest BCUT2D eigenvalue weighted by atomic mass is 10.4. The van der Waals surface area contributed by atoms with Crippen LogP contribution in [-0.4, -0.2) is 38.7 Å². The molecule has 2 rings (SSSR count). The molecule has 0 amide bonds. The molecule has 74 valence electrons. The Morgan fingerprint density at radius 1 is 1.57 bits per heavy atom. The molecule has 2 aromatic rings. The summed E-state index contributed by atoms with van der Waals surface area (Å²) in [5.41, 5.74) is 0.860. The Labute approximate surface area is 80.9 Å². The Kier molecular flexibility index (Phi) is 2.55. The first kappa shape index (κ1) is 8.89. The molecule has 0 saturated heterocycles. The Hall–Kier alpha value is -1.69. The van der Waals surface area contributed by atoms with Gasteiger partial charge in [-0.1, -0.05) is 0 Å². The number of hydrogen-bond donors (Lipinski definition) is 1. The van der Waals surface area contributed by atoms with Gasteiger partial charge in [0.1, 0.15) is 12.0 Å². The number of rotatable bonds is 4. The molecule has 0 aliphatic heterocycles. The summed E-state index contributed by atoms with van der Waals surface area (Å²) in [7, 11) is 1.67. The van der Waals surface area contributed by atoms with Crippen LogP contribution in [0, 0.1) is 0 Å². The molecular formula is C8H11N5O. The van der Waals surface area contributed by atoms with E-state index in [-0.39, 0.29) is 0 Å². The largest absolute Gasteiger partial charge is 0.383 e. The van der Waals surface area contributed by atoms with E-state index in [1.807, 2.05) is 10.6 Å². The van der Waals surface area contributed by atoms with Crippen LogP contribution in [0.5, 0.6) is 0 Å². The predicted molar refractivity (Wildman–Crippen MR) is 49.5 cm³/mol. The van der Waals surface area contributed by atoms with Crippen molar-refractivity contribution in [2.75, 3.05) is 13.7 Å². The monoisotopic (exact) mass is 193 g/mol. The smallest absolute Gasteiger partial charge is 0.181 e. The number of aromatic amines is 1. The van der Waals surface area contributed by atoms with Crippen LogP contribution in [0.4, 0.5) is 0 Å². The minimum atomic E-state index is 0.638. The minimum Gasteiger partial charge on any atom is -0.383 e. The quantitative estimate of drug-likeness (QED) is 0.759. The van der Waals surface area contributed by atoms with E-state index in [1.165, 1.54) is 0 Å². The Balaban J connectivity index is 2.22. The molecule has 0 aliphatic rings. The Bertz CT molecular complexity index is 380. The highest BCUT2D eigenvalue weighted by atomic mass is 16.5. The summed E-state index contributed by atoms with van der Waals surface area (Å²) in [5.74, 6) is 0.777. The van der Waals surface area contributed by atoms with Crippen molar-refractivity contribution in [1.82, 2.24) is 25.0 Å². The van der Waals surface area contributed by atoms with Crippen LogP contribution in [0.25, 0.3) is 11.5 Å². The van der Waals surface area contributed by atoms with E-state index < -0.39 is 0 Å². The van der Waals surface area contributed by atoms with Crippen LogP contribution in [0.3, 0.4) is 0 Å². The van der Waals surface area contributed by atoms with Crippen molar-refractivity contribution in [3.8, 4) is 11.5 Å². The van der Waals surface area contributed by atoms with Crippen LogP contribution in [0.15, 0.2) is 18.6 Å². The second kappa shape index (κ2) is 4.01. The van der Waals surface area contributed by atoms with Gasteiger partial charge >= 0.3 is 0 Å². The summed E-state index contributed by atoms with van der Waals surface area (Å²) in [6.45, 7) is 1.37. The Morgan fingerprint density at radius 2 is 2.50 bits per heavy atom. The van der Waals surface area contributed by atoms with Gasteiger partial charge in [0.15, 0.2) is 5.82 Å². The molecule has 14 heavy (non-hydrogen) atoms. The zero-order valence-electron chi connectivity index (χ0n) is 7.84. The molecule has 0 aromatic carbocycles. The number of nitrogens with one attached hydrogen (secondary N) is 1. The highest BCUT2D eigenvalue weighted by molar-refractivity contribution is 5.47. The van der Waals surface area contributed by atoms with Crippen LogP contribution < -0.4 is 0 Å². The molecule has 6 heteroatoms. The predicted octanol–water partition coefficient (Wildman–Crippen LogP) is 0.315. The standard InChI is InChI=1S/C8H11N5O/c1-14-5-4-13-6-10-12-8(13)7-2-3-9-11-7/h2-3,6H,4-5H2,1H3,(H,9,11). The first-order valence-electron chi connectivity index (χ1n) is 4.28. The van der Waals surface area contributed by atoms with Crippen molar-refractivity contribution in [2.24, 2.45) is 0 Å². The Morgan fingerprint density at radius 3 is 3.21 bits per heavy atom. The number of ether oxygens (including phenoxy) is 1. The molecular weight excluding hydrogens is 182 g/mol. The van der Waals surface area contributed by atoms with Crippen LogP contribution in [0.1, 0.15) is 0 Å². The van der Waals surface area contributed by atoms with Crippen molar-refractivity contribution >= 4 is 0 Å². The zero-order valence-corrected chi connectivity index (χ0v) is 7.84. The van der Waals surface area contributed by atoms with Gasteiger partial charge in [-0.2, -0.15) is 5.10 Å². The number of H-pyrrole nitrogens is 1. The summed E-state index contributed by atoms with van der Waals surface area (Å²) in [6.07, 6.45) is 3.36. The molecule has 0 saturated carbocycles. The van der Waals surface area contributed by atoms with Gasteiger partial charge in [-0.3, -0.25) is 5.10 Å². The molecule has 2 heterocycles. The van der Waals surface area contributed by atoms with Gasteiger partial charge in [-0.15, -0.1) is 10.2 Å². The van der Waals surface area contributed by atoms with Gasteiger partial charge in [0.25, 0.3) is 0 Å². The van der Waals surface area contributed by atoms with Gasteiger partial charge in [0.05, 0.1) is 6.61 Å². The summed E-state index contributed by atoms with van der Waals surface area (Å²) < 4.78 is 6.90. The molecule has 0 unspecified atom stereocenters. The van der Waals surface area contributed by atoms with Gasteiger partial charge in [-0.05, 0) is 6.07 Å². The summed E-state index contributed by atoms with van der Waals surface area (Å²) in [5, 5.41) is 14.5. The van der Waals surface area contributed by atoms with Gasteiger partial charge in [0.2, 0.25) is 0 Å². The van der Waals surface area contributed by atoms with E-state index in [1.54, 1.807) is 19.6 Å². The average Bonchev–Trinajstić information content (AvgIpc) is 2.84. The fourth-order valence-electron chi connectivity index (χ4n) is 1.20. The van der Waals surface area contributed by atoms with E-state index in [9.17, 15) is 0 Å². The molecule has 0 bridgehead atoms. The van der Waals surface area contributed by atoms with E-state index in [0.29, 0.717) is 6.61 Å². The third-order valence-electron chi connectivity index (χ3n) is 1.89. The first-order valence-corrected chi connectivity index (χ1v) is 4.28. The summed E-state index contributed by atoms with van der Waals surface area (Å²) in [4.78, 5) is 0. The van der Waals surface area contributed by atoms with E-state index >= 15 is 0 Å². The minimum absolute atomic E-state index is 0.638. The van der Waals surface area contributed by atoms with Crippen LogP contribution >= 0.6 is 0 Å². The highest BCUT2D eigenvalue weighted by Crippen LogP contribution is 2.11. The normalized spacial score (nSPS) is 10.6. The number of methoxy groups -OCH3 is 1. The summed E-state index contributed by atoms with van der Waals surface area (Å²) in [6, 6.07) is 1.85. The second-order valence-electron chi connectivity index (χ2n) is 2.81. The molecule has 6 nitrogen and oxygen atoms in total. The SMILES string of the molecule is COCCn1cnnc1-c1ccn[nH]1. The van der Waals surface area contributed by atoms with Crippen LogP contribution in [-0.2, 0) is 11.3 Å². The molecule has 2 aromatic heterocycles. The number of hydrogen-bond acceptors (Lipinski definition) is 4. The third-order valence-corrected chi connectivity index (χ3v) is 1.89. The summed E-state index contributed by atoms with van der Waals surface area (Å²) >= 11 is 0. The third kappa shape index (κ3) is 1.64. The molecule has 1 N–H and O–H groups in total. The lowest BCUT2D eigenvalue weighted by Gasteiger charge is -2.03. The molecule has 0 aliphatic carbocycles. The average molecular weight is 193 g/mol. The maximum absolute atomic E-state index is 4.99. The lowest BCUT2D eigenvalue weighted by molar-refractivity contribution is 0.187. The van der Waals surface area contributed by atoms with E-state index in [0.717, 1.165) is 18.1 Å². The fraction of sp³-hybridized carbons (Fsp3) is 0.375. The van der Waals surface area contributed by atoms with E-state index in [2.05, 4.69) is 20.4 Å².